The van der Waals surface area contributed by atoms with E-state index in [9.17, 15) is 19.7 Å². The largest absolute Gasteiger partial charge is 0.330 e. The fourth-order valence-electron chi connectivity index (χ4n) is 4.49. The van der Waals surface area contributed by atoms with Gasteiger partial charge in [0.1, 0.15) is 6.54 Å². The molecule has 36 heavy (non-hydrogen) atoms. The Bertz CT molecular complexity index is 1310. The Hall–Kier alpha value is -2.94. The maximum absolute atomic E-state index is 13.8. The van der Waals surface area contributed by atoms with Crippen molar-refractivity contribution in [2.75, 3.05) is 19.6 Å². The van der Waals surface area contributed by atoms with Crippen molar-refractivity contribution >= 4 is 52.0 Å². The van der Waals surface area contributed by atoms with E-state index in [4.69, 9.17) is 23.2 Å². The maximum Gasteiger partial charge on any atom is 0.270 e. The van der Waals surface area contributed by atoms with E-state index < -0.39 is 16.9 Å². The number of rotatable bonds is 7. The summed E-state index contributed by atoms with van der Waals surface area (Å²) in [6.45, 7) is 4.56. The molecule has 0 saturated carbocycles. The molecule has 1 aromatic heterocycles. The highest BCUT2D eigenvalue weighted by molar-refractivity contribution is 7.10. The SMILES string of the molecule is CC(C)CN(CC(=O)N1CCc2sccc2C1c1ccc(Cl)cc1Cl)C(=O)c1cccc([N+](=O)[O-])c1. The van der Waals surface area contributed by atoms with Gasteiger partial charge in [0.15, 0.2) is 0 Å². The summed E-state index contributed by atoms with van der Waals surface area (Å²) in [6, 6.07) is 12.4. The van der Waals surface area contributed by atoms with E-state index in [-0.39, 0.29) is 29.6 Å². The molecule has 1 aliphatic heterocycles. The minimum absolute atomic E-state index is 0.0896. The van der Waals surface area contributed by atoms with Crippen LogP contribution < -0.4 is 0 Å². The minimum Gasteiger partial charge on any atom is -0.330 e. The number of nitrogens with zero attached hydrogens (tertiary/aromatic N) is 3. The molecule has 3 aromatic rings. The molecule has 7 nitrogen and oxygen atoms in total. The van der Waals surface area contributed by atoms with Gasteiger partial charge >= 0.3 is 0 Å². The van der Waals surface area contributed by atoms with E-state index in [0.29, 0.717) is 29.6 Å². The Balaban J connectivity index is 1.65. The number of nitro benzene ring substituents is 1. The van der Waals surface area contributed by atoms with Gasteiger partial charge in [0, 0.05) is 45.7 Å². The van der Waals surface area contributed by atoms with Crippen molar-refractivity contribution < 1.29 is 14.5 Å². The van der Waals surface area contributed by atoms with Crippen LogP contribution in [0.4, 0.5) is 5.69 Å². The van der Waals surface area contributed by atoms with Crippen LogP contribution in [0.15, 0.2) is 53.9 Å². The van der Waals surface area contributed by atoms with Gasteiger partial charge in [-0.25, -0.2) is 0 Å². The highest BCUT2D eigenvalue weighted by Crippen LogP contribution is 2.41. The van der Waals surface area contributed by atoms with Crippen LogP contribution in [0.2, 0.25) is 10.0 Å². The van der Waals surface area contributed by atoms with Crippen LogP contribution >= 0.6 is 34.5 Å². The average Bonchev–Trinajstić information content (AvgIpc) is 3.31. The van der Waals surface area contributed by atoms with Crippen LogP contribution in [0.1, 0.15) is 46.3 Å². The number of nitro groups is 1. The van der Waals surface area contributed by atoms with E-state index in [1.807, 2.05) is 31.4 Å². The molecule has 0 saturated heterocycles. The van der Waals surface area contributed by atoms with Crippen LogP contribution in [0.3, 0.4) is 0 Å². The third kappa shape index (κ3) is 5.56. The molecule has 0 aliphatic carbocycles. The number of halogens is 2. The first-order valence-corrected chi connectivity index (χ1v) is 13.1. The van der Waals surface area contributed by atoms with E-state index in [1.165, 1.54) is 34.0 Å². The first-order valence-electron chi connectivity index (χ1n) is 11.5. The maximum atomic E-state index is 13.8. The normalized spacial score (nSPS) is 15.0. The Morgan fingerprint density at radius 3 is 2.64 bits per heavy atom. The lowest BCUT2D eigenvalue weighted by atomic mass is 9.93. The Kier molecular flexibility index (Phi) is 7.97. The standard InChI is InChI=1S/C26H25Cl2N3O4S/c1-16(2)14-29(26(33)17-4-3-5-19(12-17)31(34)35)15-24(32)30-10-8-23-21(9-11-36-23)25(30)20-7-6-18(27)13-22(20)28/h3-7,9,11-13,16,25H,8,10,14-15H2,1-2H3. The van der Waals surface area contributed by atoms with E-state index in [0.717, 1.165) is 11.1 Å². The molecule has 0 radical (unpaired) electrons. The van der Waals surface area contributed by atoms with Gasteiger partial charge < -0.3 is 9.80 Å². The molecule has 2 aromatic carbocycles. The zero-order chi connectivity index (χ0) is 26.0. The van der Waals surface area contributed by atoms with E-state index >= 15 is 0 Å². The predicted octanol–water partition coefficient (Wildman–Crippen LogP) is 6.24. The van der Waals surface area contributed by atoms with Crippen molar-refractivity contribution in [2.45, 2.75) is 26.3 Å². The van der Waals surface area contributed by atoms with Crippen LogP contribution in [-0.2, 0) is 11.2 Å². The minimum atomic E-state index is -0.540. The molecule has 2 heterocycles. The summed E-state index contributed by atoms with van der Waals surface area (Å²) in [7, 11) is 0. The van der Waals surface area contributed by atoms with Gasteiger partial charge in [0.25, 0.3) is 11.6 Å². The number of hydrogen-bond donors (Lipinski definition) is 0. The lowest BCUT2D eigenvalue weighted by molar-refractivity contribution is -0.384. The fraction of sp³-hybridized carbons (Fsp3) is 0.308. The number of benzene rings is 2. The molecule has 4 rings (SSSR count). The predicted molar refractivity (Wildman–Crippen MR) is 142 cm³/mol. The van der Waals surface area contributed by atoms with Gasteiger partial charge in [-0.1, -0.05) is 49.2 Å². The molecule has 1 aliphatic rings. The second-order valence-corrected chi connectivity index (χ2v) is 10.9. The summed E-state index contributed by atoms with van der Waals surface area (Å²) in [5.41, 5.74) is 1.79. The molecule has 2 amide bonds. The van der Waals surface area contributed by atoms with Crippen molar-refractivity contribution in [3.8, 4) is 0 Å². The number of carbonyl (C=O) groups is 2. The average molecular weight is 546 g/mol. The molecule has 0 spiro atoms. The van der Waals surface area contributed by atoms with Crippen LogP contribution in [0, 0.1) is 16.0 Å². The number of fused-ring (bicyclic) bond motifs is 1. The molecular formula is C26H25Cl2N3O4S. The number of non-ortho nitro benzene ring substituents is 1. The third-order valence-corrected chi connectivity index (χ3v) is 7.61. The highest BCUT2D eigenvalue weighted by atomic mass is 35.5. The van der Waals surface area contributed by atoms with Crippen molar-refractivity contribution in [1.82, 2.24) is 9.80 Å². The van der Waals surface area contributed by atoms with Gasteiger partial charge in [0.05, 0.1) is 11.0 Å². The molecule has 0 bridgehead atoms. The van der Waals surface area contributed by atoms with Crippen LogP contribution in [-0.4, -0.2) is 46.2 Å². The monoisotopic (exact) mass is 545 g/mol. The Morgan fingerprint density at radius 1 is 1.17 bits per heavy atom. The zero-order valence-electron chi connectivity index (χ0n) is 19.8. The summed E-state index contributed by atoms with van der Waals surface area (Å²) in [6.07, 6.45) is 0.712. The van der Waals surface area contributed by atoms with E-state index in [2.05, 4.69) is 0 Å². The van der Waals surface area contributed by atoms with Crippen molar-refractivity contribution in [3.05, 3.63) is 95.6 Å². The Morgan fingerprint density at radius 2 is 1.94 bits per heavy atom. The molecule has 10 heteroatoms. The number of carbonyl (C=O) groups excluding carboxylic acids is 2. The smallest absolute Gasteiger partial charge is 0.270 e. The zero-order valence-corrected chi connectivity index (χ0v) is 22.1. The summed E-state index contributed by atoms with van der Waals surface area (Å²) < 4.78 is 0. The number of thiophene rings is 1. The van der Waals surface area contributed by atoms with Crippen molar-refractivity contribution in [2.24, 2.45) is 5.92 Å². The lowest BCUT2D eigenvalue weighted by Crippen LogP contribution is -2.47. The topological polar surface area (TPSA) is 83.8 Å². The van der Waals surface area contributed by atoms with Gasteiger partial charge in [-0.2, -0.15) is 0 Å². The van der Waals surface area contributed by atoms with Crippen molar-refractivity contribution in [3.63, 3.8) is 0 Å². The molecule has 1 unspecified atom stereocenters. The molecule has 1 atom stereocenters. The third-order valence-electron chi connectivity index (χ3n) is 6.05. The van der Waals surface area contributed by atoms with Crippen LogP contribution in [0.5, 0.6) is 0 Å². The fourth-order valence-corrected chi connectivity index (χ4v) is 5.91. The molecule has 188 valence electrons. The first-order chi connectivity index (χ1) is 17.2. The number of hydrogen-bond acceptors (Lipinski definition) is 5. The highest BCUT2D eigenvalue weighted by Gasteiger charge is 2.35. The van der Waals surface area contributed by atoms with Crippen LogP contribution in [0.25, 0.3) is 0 Å². The molecule has 0 fully saturated rings. The quantitative estimate of drug-likeness (QED) is 0.260. The summed E-state index contributed by atoms with van der Waals surface area (Å²) in [4.78, 5) is 42.2. The van der Waals surface area contributed by atoms with Gasteiger partial charge in [-0.05, 0) is 53.1 Å². The van der Waals surface area contributed by atoms with Gasteiger partial charge in [0.2, 0.25) is 5.91 Å². The molecule has 0 N–H and O–H groups in total. The summed E-state index contributed by atoms with van der Waals surface area (Å²) >= 11 is 14.3. The Labute approximate surface area is 223 Å². The second-order valence-electron chi connectivity index (χ2n) is 9.09. The molecular weight excluding hydrogens is 521 g/mol. The summed E-state index contributed by atoms with van der Waals surface area (Å²) in [5.74, 6) is -0.552. The van der Waals surface area contributed by atoms with E-state index in [1.54, 1.807) is 28.4 Å². The van der Waals surface area contributed by atoms with Gasteiger partial charge in [-0.3, -0.25) is 19.7 Å². The lowest BCUT2D eigenvalue weighted by Gasteiger charge is -2.38. The second kappa shape index (κ2) is 11.0. The van der Waals surface area contributed by atoms with Gasteiger partial charge in [-0.15, -0.1) is 11.3 Å². The number of amides is 2. The first kappa shape index (κ1) is 26.1. The summed E-state index contributed by atoms with van der Waals surface area (Å²) in [5, 5.41) is 14.2. The van der Waals surface area contributed by atoms with Crippen molar-refractivity contribution in [1.29, 1.82) is 0 Å².